The maximum Gasteiger partial charge on any atom is 0.249 e. The Balaban J connectivity index is 0.00000225. The molecule has 9 heteroatoms. The van der Waals surface area contributed by atoms with E-state index < -0.39 is 11.9 Å². The molecule has 0 aliphatic carbocycles. The van der Waals surface area contributed by atoms with Gasteiger partial charge in [0.25, 0.3) is 0 Å². The Morgan fingerprint density at radius 3 is 2.57 bits per heavy atom. The summed E-state index contributed by atoms with van der Waals surface area (Å²) < 4.78 is 11.6. The smallest absolute Gasteiger partial charge is 0.249 e. The standard InChI is InChI=1S/C19H17Cl2N3O3.ClH/c1-26-18-3-2-16-19(27-18,12-4-6-22-7-5-12)11-17(25)24(23-16)15-9-13(20)8-14(21)10-15;/h2,4-10,18,23H,3,11H2,1H3;1H/t18-,19+;/m0./s1. The highest BCUT2D eigenvalue weighted by atomic mass is 35.5. The molecule has 148 valence electrons. The summed E-state index contributed by atoms with van der Waals surface area (Å²) in [6.45, 7) is 0. The van der Waals surface area contributed by atoms with Crippen molar-refractivity contribution in [2.24, 2.45) is 0 Å². The largest absolute Gasteiger partial charge is 0.356 e. The van der Waals surface area contributed by atoms with Gasteiger partial charge in [0.2, 0.25) is 5.91 Å². The molecule has 0 spiro atoms. The van der Waals surface area contributed by atoms with Crippen molar-refractivity contribution in [1.82, 2.24) is 10.4 Å². The van der Waals surface area contributed by atoms with E-state index in [1.54, 1.807) is 37.7 Å². The zero-order valence-electron chi connectivity index (χ0n) is 14.9. The molecule has 0 saturated carbocycles. The van der Waals surface area contributed by atoms with Crippen LogP contribution >= 0.6 is 35.6 Å². The predicted molar refractivity (Wildman–Crippen MR) is 109 cm³/mol. The van der Waals surface area contributed by atoms with Crippen LogP contribution < -0.4 is 10.4 Å². The molecule has 2 atom stereocenters. The van der Waals surface area contributed by atoms with E-state index in [0.717, 1.165) is 11.3 Å². The second-order valence-corrected chi connectivity index (χ2v) is 7.22. The monoisotopic (exact) mass is 441 g/mol. The molecule has 1 aromatic heterocycles. The molecule has 0 bridgehead atoms. The molecular formula is C19H18Cl3N3O3. The number of amides is 1. The normalized spacial score (nSPS) is 24.0. The highest BCUT2D eigenvalue weighted by Crippen LogP contribution is 2.44. The van der Waals surface area contributed by atoms with Crippen LogP contribution in [0.15, 0.2) is 54.5 Å². The Morgan fingerprint density at radius 2 is 1.93 bits per heavy atom. The number of pyridine rings is 1. The first-order chi connectivity index (χ1) is 13.0. The number of anilines is 1. The van der Waals surface area contributed by atoms with E-state index in [1.165, 1.54) is 5.01 Å². The second kappa shape index (κ2) is 8.27. The summed E-state index contributed by atoms with van der Waals surface area (Å²) in [5.41, 5.74) is 4.38. The second-order valence-electron chi connectivity index (χ2n) is 6.34. The van der Waals surface area contributed by atoms with Crippen LogP contribution in [0.2, 0.25) is 10.0 Å². The SMILES string of the molecule is CO[C@@H]1CC=C2NN(c3cc(Cl)cc(Cl)c3)C(=O)C[C@]2(c2ccncc2)O1.Cl. The van der Waals surface area contributed by atoms with E-state index >= 15 is 0 Å². The lowest BCUT2D eigenvalue weighted by atomic mass is 9.83. The highest BCUT2D eigenvalue weighted by molar-refractivity contribution is 6.35. The number of hydrogen-bond acceptors (Lipinski definition) is 5. The zero-order valence-corrected chi connectivity index (χ0v) is 17.2. The number of rotatable bonds is 3. The summed E-state index contributed by atoms with van der Waals surface area (Å²) in [4.78, 5) is 17.1. The van der Waals surface area contributed by atoms with Crippen molar-refractivity contribution in [2.45, 2.75) is 24.7 Å². The van der Waals surface area contributed by atoms with Crippen LogP contribution in [0.25, 0.3) is 0 Å². The summed E-state index contributed by atoms with van der Waals surface area (Å²) in [6, 6.07) is 8.66. The Kier molecular flexibility index (Phi) is 6.17. The van der Waals surface area contributed by atoms with Gasteiger partial charge in [-0.05, 0) is 35.9 Å². The average molecular weight is 443 g/mol. The number of benzene rings is 1. The number of methoxy groups -OCH3 is 1. The molecule has 1 fully saturated rings. The van der Waals surface area contributed by atoms with E-state index in [1.807, 2.05) is 18.2 Å². The van der Waals surface area contributed by atoms with Gasteiger partial charge in [0.05, 0.1) is 17.8 Å². The number of hydrazine groups is 1. The summed E-state index contributed by atoms with van der Waals surface area (Å²) in [5.74, 6) is -0.181. The number of fused-ring (bicyclic) bond motifs is 1. The van der Waals surface area contributed by atoms with Crippen molar-refractivity contribution in [3.8, 4) is 0 Å². The molecular weight excluding hydrogens is 425 g/mol. The number of carbonyl (C=O) groups is 1. The molecule has 2 aromatic rings. The lowest BCUT2D eigenvalue weighted by Gasteiger charge is -2.47. The van der Waals surface area contributed by atoms with E-state index in [9.17, 15) is 4.79 Å². The lowest BCUT2D eigenvalue weighted by molar-refractivity contribution is -0.204. The third-order valence-electron chi connectivity index (χ3n) is 4.68. The fourth-order valence-electron chi connectivity index (χ4n) is 3.43. The number of halogens is 3. The molecule has 0 radical (unpaired) electrons. The number of nitrogens with one attached hydrogen (secondary N) is 1. The number of hydrogen-bond donors (Lipinski definition) is 1. The summed E-state index contributed by atoms with van der Waals surface area (Å²) >= 11 is 12.2. The number of carbonyl (C=O) groups excluding carboxylic acids is 1. The molecule has 6 nitrogen and oxygen atoms in total. The molecule has 1 amide bonds. The highest BCUT2D eigenvalue weighted by Gasteiger charge is 2.49. The molecule has 28 heavy (non-hydrogen) atoms. The molecule has 1 saturated heterocycles. The Hall–Kier alpha value is -1.83. The van der Waals surface area contributed by atoms with Crippen LogP contribution in [0.4, 0.5) is 5.69 Å². The van der Waals surface area contributed by atoms with Gasteiger partial charge >= 0.3 is 0 Å². The van der Waals surface area contributed by atoms with Gasteiger partial charge in [-0.2, -0.15) is 0 Å². The Bertz CT molecular complexity index is 890. The van der Waals surface area contributed by atoms with Gasteiger partial charge in [-0.1, -0.05) is 29.3 Å². The number of ether oxygens (including phenoxy) is 2. The third kappa shape index (κ3) is 3.71. The molecule has 2 aliphatic rings. The minimum atomic E-state index is -0.960. The number of nitrogens with zero attached hydrogens (tertiary/aromatic N) is 2. The van der Waals surface area contributed by atoms with Crippen molar-refractivity contribution in [2.75, 3.05) is 12.1 Å². The van der Waals surface area contributed by atoms with Gasteiger partial charge < -0.3 is 9.47 Å². The van der Waals surface area contributed by atoms with Crippen LogP contribution in [-0.2, 0) is 19.9 Å². The predicted octanol–water partition coefficient (Wildman–Crippen LogP) is 4.22. The van der Waals surface area contributed by atoms with Crippen LogP contribution in [0.3, 0.4) is 0 Å². The van der Waals surface area contributed by atoms with Gasteiger partial charge in [-0.25, -0.2) is 5.01 Å². The Morgan fingerprint density at radius 1 is 1.25 bits per heavy atom. The van der Waals surface area contributed by atoms with Crippen molar-refractivity contribution in [3.63, 3.8) is 0 Å². The Labute approximate surface area is 178 Å². The van der Waals surface area contributed by atoms with Crippen molar-refractivity contribution in [1.29, 1.82) is 0 Å². The summed E-state index contributed by atoms with van der Waals surface area (Å²) in [5, 5.41) is 2.34. The van der Waals surface area contributed by atoms with E-state index in [2.05, 4.69) is 10.4 Å². The van der Waals surface area contributed by atoms with E-state index in [-0.39, 0.29) is 24.7 Å². The first kappa shape index (κ1) is 20.9. The van der Waals surface area contributed by atoms with Gasteiger partial charge in [-0.15, -0.1) is 12.4 Å². The molecule has 3 heterocycles. The van der Waals surface area contributed by atoms with Crippen molar-refractivity contribution in [3.05, 3.63) is 70.1 Å². The summed E-state index contributed by atoms with van der Waals surface area (Å²) in [6.07, 6.45) is 5.56. The topological polar surface area (TPSA) is 63.7 Å². The molecule has 2 aliphatic heterocycles. The van der Waals surface area contributed by atoms with Crippen molar-refractivity contribution < 1.29 is 14.3 Å². The van der Waals surface area contributed by atoms with Crippen LogP contribution in [0.1, 0.15) is 18.4 Å². The summed E-state index contributed by atoms with van der Waals surface area (Å²) in [7, 11) is 1.59. The van der Waals surface area contributed by atoms with E-state index in [0.29, 0.717) is 22.2 Å². The van der Waals surface area contributed by atoms with Gasteiger partial charge in [0.15, 0.2) is 6.29 Å². The maximum absolute atomic E-state index is 13.1. The quantitative estimate of drug-likeness (QED) is 0.771. The van der Waals surface area contributed by atoms with Gasteiger partial charge in [0, 0.05) is 36.0 Å². The molecule has 4 rings (SSSR count). The van der Waals surface area contributed by atoms with Gasteiger partial charge in [-0.3, -0.25) is 15.2 Å². The first-order valence-electron chi connectivity index (χ1n) is 8.39. The lowest BCUT2D eigenvalue weighted by Crippen LogP contribution is -2.58. The molecule has 1 aromatic carbocycles. The van der Waals surface area contributed by atoms with Crippen LogP contribution in [0, 0.1) is 0 Å². The van der Waals surface area contributed by atoms with Gasteiger partial charge in [0.1, 0.15) is 5.60 Å². The number of aromatic nitrogens is 1. The minimum absolute atomic E-state index is 0. The van der Waals surface area contributed by atoms with Crippen LogP contribution in [0.5, 0.6) is 0 Å². The first-order valence-corrected chi connectivity index (χ1v) is 9.15. The molecule has 1 N–H and O–H groups in total. The zero-order chi connectivity index (χ0) is 19.0. The molecule has 0 unspecified atom stereocenters. The average Bonchev–Trinajstić information content (AvgIpc) is 2.66. The fraction of sp³-hybridized carbons (Fsp3) is 0.263. The maximum atomic E-state index is 13.1. The minimum Gasteiger partial charge on any atom is -0.356 e. The fourth-order valence-corrected chi connectivity index (χ4v) is 3.95. The van der Waals surface area contributed by atoms with E-state index in [4.69, 9.17) is 32.7 Å². The third-order valence-corrected chi connectivity index (χ3v) is 5.12. The van der Waals surface area contributed by atoms with Crippen molar-refractivity contribution >= 4 is 47.2 Å². The van der Waals surface area contributed by atoms with Crippen LogP contribution in [-0.4, -0.2) is 24.3 Å².